The average molecular weight is 294 g/mol. The van der Waals surface area contributed by atoms with Gasteiger partial charge >= 0.3 is 5.97 Å². The molecular weight excluding hydrogens is 278 g/mol. The van der Waals surface area contributed by atoms with E-state index in [0.29, 0.717) is 18.7 Å². The monoisotopic (exact) mass is 293 g/mol. The number of hydrogen-bond acceptors (Lipinski definition) is 5. The fraction of sp³-hybridized carbons (Fsp3) is 0.286. The lowest BCUT2D eigenvalue weighted by Crippen LogP contribution is -2.44. The zero-order valence-electron chi connectivity index (χ0n) is 10.9. The van der Waals surface area contributed by atoms with Gasteiger partial charge in [-0.2, -0.15) is 0 Å². The van der Waals surface area contributed by atoms with Crippen molar-refractivity contribution in [2.75, 3.05) is 26.2 Å². The number of nitrogens with one attached hydrogen (secondary N) is 1. The Labute approximate surface area is 123 Å². The number of hydroxylamine groups is 2. The number of halogens is 1. The Morgan fingerprint density at radius 2 is 2.00 bits per heavy atom. The molecule has 0 atom stereocenters. The molecule has 1 fully saturated rings. The van der Waals surface area contributed by atoms with Gasteiger partial charge in [0.15, 0.2) is 0 Å². The van der Waals surface area contributed by atoms with Crippen LogP contribution in [-0.2, 0) is 4.84 Å². The first-order valence-corrected chi connectivity index (χ1v) is 6.36. The third-order valence-electron chi connectivity index (χ3n) is 3.11. The van der Waals surface area contributed by atoms with Gasteiger partial charge in [0.2, 0.25) is 0 Å². The van der Waals surface area contributed by atoms with Crippen molar-refractivity contribution in [3.63, 3.8) is 0 Å². The first kappa shape index (κ1) is 14.7. The molecule has 1 saturated heterocycles. The number of nitrogens with zero attached hydrogens (tertiary/aromatic N) is 2. The third-order valence-corrected chi connectivity index (χ3v) is 3.11. The number of fused-ring (bicyclic) bond motifs is 1. The number of carbonyl (C=O) groups is 1. The average Bonchev–Trinajstić information content (AvgIpc) is 2.48. The van der Waals surface area contributed by atoms with Crippen LogP contribution in [0.3, 0.4) is 0 Å². The molecule has 3 rings (SSSR count). The Bertz CT molecular complexity index is 600. The van der Waals surface area contributed by atoms with Crippen molar-refractivity contribution in [2.24, 2.45) is 0 Å². The van der Waals surface area contributed by atoms with Crippen LogP contribution in [0.25, 0.3) is 10.9 Å². The molecule has 1 aliphatic rings. The summed E-state index contributed by atoms with van der Waals surface area (Å²) in [5.41, 5.74) is 1.36. The third kappa shape index (κ3) is 3.25. The number of carbonyl (C=O) groups excluding carboxylic acids is 1. The Morgan fingerprint density at radius 1 is 1.25 bits per heavy atom. The summed E-state index contributed by atoms with van der Waals surface area (Å²) in [7, 11) is 0. The van der Waals surface area contributed by atoms with Crippen LogP contribution in [0.5, 0.6) is 0 Å². The molecule has 0 saturated carbocycles. The minimum atomic E-state index is -0.347. The van der Waals surface area contributed by atoms with Gasteiger partial charge in [0, 0.05) is 37.8 Å². The van der Waals surface area contributed by atoms with E-state index in [0.717, 1.165) is 24.0 Å². The number of rotatable bonds is 2. The molecular formula is C14H16ClN3O2. The summed E-state index contributed by atoms with van der Waals surface area (Å²) in [5.74, 6) is -0.347. The summed E-state index contributed by atoms with van der Waals surface area (Å²) in [4.78, 5) is 21.6. The molecule has 5 nitrogen and oxygen atoms in total. The van der Waals surface area contributed by atoms with E-state index in [9.17, 15) is 4.79 Å². The zero-order valence-corrected chi connectivity index (χ0v) is 11.7. The van der Waals surface area contributed by atoms with Gasteiger partial charge in [-0.3, -0.25) is 4.98 Å². The van der Waals surface area contributed by atoms with Gasteiger partial charge in [0.05, 0.1) is 11.1 Å². The van der Waals surface area contributed by atoms with Crippen molar-refractivity contribution in [3.8, 4) is 0 Å². The lowest BCUT2D eigenvalue weighted by Gasteiger charge is -2.25. The summed E-state index contributed by atoms with van der Waals surface area (Å²) >= 11 is 0. The maximum absolute atomic E-state index is 12.0. The fourth-order valence-corrected chi connectivity index (χ4v) is 2.09. The number of piperazine rings is 1. The summed E-state index contributed by atoms with van der Waals surface area (Å²) in [6.07, 6.45) is 1.56. The lowest BCUT2D eigenvalue weighted by atomic mass is 10.2. The number of aromatic nitrogens is 1. The van der Waals surface area contributed by atoms with Crippen LogP contribution in [-0.4, -0.2) is 42.2 Å². The summed E-state index contributed by atoms with van der Waals surface area (Å²) in [5, 5.41) is 5.84. The number of benzene rings is 1. The van der Waals surface area contributed by atoms with Crippen LogP contribution in [0, 0.1) is 0 Å². The van der Waals surface area contributed by atoms with Crippen molar-refractivity contribution in [1.29, 1.82) is 0 Å². The first-order chi connectivity index (χ1) is 9.33. The lowest BCUT2D eigenvalue weighted by molar-refractivity contribution is -0.115. The molecule has 2 heterocycles. The van der Waals surface area contributed by atoms with Gasteiger partial charge < -0.3 is 10.2 Å². The van der Waals surface area contributed by atoms with E-state index < -0.39 is 0 Å². The molecule has 0 spiro atoms. The van der Waals surface area contributed by atoms with Crippen LogP contribution in [0.15, 0.2) is 36.5 Å². The topological polar surface area (TPSA) is 54.5 Å². The predicted octanol–water partition coefficient (Wildman–Crippen LogP) is 1.63. The van der Waals surface area contributed by atoms with Gasteiger partial charge in [-0.15, -0.1) is 17.5 Å². The van der Waals surface area contributed by atoms with Gasteiger partial charge in [0.25, 0.3) is 0 Å². The van der Waals surface area contributed by atoms with E-state index in [1.807, 2.05) is 30.3 Å². The minimum Gasteiger partial charge on any atom is -0.364 e. The second-order valence-corrected chi connectivity index (χ2v) is 4.47. The molecule has 0 radical (unpaired) electrons. The second kappa shape index (κ2) is 6.65. The largest absolute Gasteiger partial charge is 0.364 e. The number of hydrogen-bond donors (Lipinski definition) is 1. The van der Waals surface area contributed by atoms with Gasteiger partial charge in [-0.05, 0) is 12.1 Å². The van der Waals surface area contributed by atoms with E-state index in [4.69, 9.17) is 4.84 Å². The van der Waals surface area contributed by atoms with Crippen LogP contribution >= 0.6 is 12.4 Å². The molecule has 2 aromatic rings. The van der Waals surface area contributed by atoms with E-state index >= 15 is 0 Å². The molecule has 1 N–H and O–H groups in total. The van der Waals surface area contributed by atoms with E-state index in [1.165, 1.54) is 0 Å². The zero-order chi connectivity index (χ0) is 13.1. The standard InChI is InChI=1S/C14H15N3O2.ClH/c18-14(19-17-7-5-15-6-8-17)12-9-11-3-1-2-4-13(11)16-10-12;/h1-4,9-10,15H,5-8H2;1H. The van der Waals surface area contributed by atoms with Gasteiger partial charge in [-0.25, -0.2) is 4.79 Å². The molecule has 0 amide bonds. The van der Waals surface area contributed by atoms with Crippen molar-refractivity contribution in [1.82, 2.24) is 15.4 Å². The first-order valence-electron chi connectivity index (χ1n) is 6.36. The van der Waals surface area contributed by atoms with Crippen LogP contribution in [0.4, 0.5) is 0 Å². The minimum absolute atomic E-state index is 0. The maximum Gasteiger partial charge on any atom is 0.358 e. The number of pyridine rings is 1. The quantitative estimate of drug-likeness (QED) is 0.912. The Hall–Kier alpha value is -1.69. The molecule has 0 unspecified atom stereocenters. The van der Waals surface area contributed by atoms with Crippen LogP contribution in [0.1, 0.15) is 10.4 Å². The van der Waals surface area contributed by atoms with E-state index in [-0.39, 0.29) is 18.4 Å². The Kier molecular flexibility index (Phi) is 4.89. The highest BCUT2D eigenvalue weighted by atomic mass is 35.5. The molecule has 1 aromatic heterocycles. The van der Waals surface area contributed by atoms with Crippen LogP contribution < -0.4 is 5.32 Å². The SMILES string of the molecule is Cl.O=C(ON1CCNCC1)c1cnc2ccccc2c1. The summed E-state index contributed by atoms with van der Waals surface area (Å²) in [6, 6.07) is 9.51. The summed E-state index contributed by atoms with van der Waals surface area (Å²) in [6.45, 7) is 3.10. The smallest absolute Gasteiger partial charge is 0.358 e. The molecule has 1 aromatic carbocycles. The summed E-state index contributed by atoms with van der Waals surface area (Å²) < 4.78 is 0. The van der Waals surface area contributed by atoms with E-state index in [1.54, 1.807) is 11.3 Å². The highest BCUT2D eigenvalue weighted by molar-refractivity contribution is 5.93. The molecule has 6 heteroatoms. The van der Waals surface area contributed by atoms with Crippen molar-refractivity contribution in [3.05, 3.63) is 42.1 Å². The fourth-order valence-electron chi connectivity index (χ4n) is 2.09. The molecule has 0 aliphatic carbocycles. The molecule has 106 valence electrons. The van der Waals surface area contributed by atoms with Crippen molar-refractivity contribution >= 4 is 29.3 Å². The highest BCUT2D eigenvalue weighted by Crippen LogP contribution is 2.13. The molecule has 1 aliphatic heterocycles. The molecule has 0 bridgehead atoms. The maximum atomic E-state index is 12.0. The van der Waals surface area contributed by atoms with Gasteiger partial charge in [0.1, 0.15) is 0 Å². The second-order valence-electron chi connectivity index (χ2n) is 4.47. The predicted molar refractivity (Wildman–Crippen MR) is 78.8 cm³/mol. The van der Waals surface area contributed by atoms with Crippen LogP contribution in [0.2, 0.25) is 0 Å². The van der Waals surface area contributed by atoms with Crippen molar-refractivity contribution in [2.45, 2.75) is 0 Å². The van der Waals surface area contributed by atoms with Gasteiger partial charge in [-0.1, -0.05) is 18.2 Å². The molecule has 20 heavy (non-hydrogen) atoms. The Morgan fingerprint density at radius 3 is 2.80 bits per heavy atom. The van der Waals surface area contributed by atoms with E-state index in [2.05, 4.69) is 10.3 Å². The Balaban J connectivity index is 0.00000147. The highest BCUT2D eigenvalue weighted by Gasteiger charge is 2.16. The van der Waals surface area contributed by atoms with Crippen molar-refractivity contribution < 1.29 is 9.63 Å². The number of para-hydroxylation sites is 1. The normalized spacial score (nSPS) is 15.6.